The van der Waals surface area contributed by atoms with Crippen molar-refractivity contribution in [3.05, 3.63) is 46.5 Å². The van der Waals surface area contributed by atoms with Crippen molar-refractivity contribution in [2.24, 2.45) is 0 Å². The zero-order chi connectivity index (χ0) is 12.1. The molecule has 1 aromatic carbocycles. The number of hydrogen-bond acceptors (Lipinski definition) is 1. The molecule has 3 heteroatoms. The smallest absolute Gasteiger partial charge is 0.311 e. The zero-order valence-corrected chi connectivity index (χ0v) is 10.8. The highest BCUT2D eigenvalue weighted by atomic mass is 79.9. The van der Waals surface area contributed by atoms with Crippen molar-refractivity contribution in [3.63, 3.8) is 0 Å². The lowest BCUT2D eigenvalue weighted by atomic mass is 9.93. The maximum atomic E-state index is 11.2. The van der Waals surface area contributed by atoms with Crippen molar-refractivity contribution in [1.82, 2.24) is 0 Å². The number of rotatable bonds is 5. The van der Waals surface area contributed by atoms with E-state index in [1.54, 1.807) is 0 Å². The summed E-state index contributed by atoms with van der Waals surface area (Å²) in [5.74, 6) is -1.25. The van der Waals surface area contributed by atoms with Gasteiger partial charge >= 0.3 is 5.97 Å². The number of halogens is 1. The molecule has 0 aliphatic rings. The highest BCUT2D eigenvalue weighted by molar-refractivity contribution is 9.10. The van der Waals surface area contributed by atoms with E-state index in [1.165, 1.54) is 0 Å². The normalized spacial score (nSPS) is 12.1. The van der Waals surface area contributed by atoms with Crippen molar-refractivity contribution in [3.8, 4) is 0 Å². The Morgan fingerprint density at radius 1 is 1.50 bits per heavy atom. The fourth-order valence-corrected chi connectivity index (χ4v) is 2.12. The van der Waals surface area contributed by atoms with Gasteiger partial charge in [0.05, 0.1) is 5.92 Å². The molecule has 0 aliphatic heterocycles. The summed E-state index contributed by atoms with van der Waals surface area (Å²) in [6.45, 7) is 5.71. The second-order valence-electron chi connectivity index (χ2n) is 3.91. The van der Waals surface area contributed by atoms with Crippen LogP contribution in [0.1, 0.15) is 31.2 Å². The van der Waals surface area contributed by atoms with Crippen LogP contribution in [0.4, 0.5) is 0 Å². The Kier molecular flexibility index (Phi) is 4.74. The van der Waals surface area contributed by atoms with Gasteiger partial charge in [0.1, 0.15) is 0 Å². The van der Waals surface area contributed by atoms with E-state index in [9.17, 15) is 9.90 Å². The van der Waals surface area contributed by atoms with Crippen LogP contribution in [0.2, 0.25) is 0 Å². The molecule has 1 unspecified atom stereocenters. The summed E-state index contributed by atoms with van der Waals surface area (Å²) in [5, 5.41) is 9.21. The van der Waals surface area contributed by atoms with Crippen LogP contribution in [0.25, 0.3) is 0 Å². The monoisotopic (exact) mass is 282 g/mol. The van der Waals surface area contributed by atoms with Crippen molar-refractivity contribution in [2.75, 3.05) is 0 Å². The summed E-state index contributed by atoms with van der Waals surface area (Å²) in [7, 11) is 0. The lowest BCUT2D eigenvalue weighted by molar-refractivity contribution is -0.139. The minimum absolute atomic E-state index is 0.465. The van der Waals surface area contributed by atoms with Crippen molar-refractivity contribution >= 4 is 21.9 Å². The average molecular weight is 283 g/mol. The van der Waals surface area contributed by atoms with Gasteiger partial charge in [-0.3, -0.25) is 4.79 Å². The van der Waals surface area contributed by atoms with Crippen LogP contribution in [-0.2, 0) is 4.79 Å². The Hall–Kier alpha value is -1.09. The van der Waals surface area contributed by atoms with E-state index in [0.717, 1.165) is 22.0 Å². The molecule has 0 saturated heterocycles. The summed E-state index contributed by atoms with van der Waals surface area (Å²) in [5.41, 5.74) is 1.84. The molecule has 0 bridgehead atoms. The predicted octanol–water partition coefficient (Wildman–Crippen LogP) is 3.97. The molecule has 1 rings (SSSR count). The quantitative estimate of drug-likeness (QED) is 0.830. The lowest BCUT2D eigenvalue weighted by Crippen LogP contribution is -2.12. The van der Waals surface area contributed by atoms with Gasteiger partial charge in [-0.05, 0) is 31.4 Å². The molecule has 16 heavy (non-hydrogen) atoms. The Morgan fingerprint density at radius 3 is 2.62 bits per heavy atom. The van der Waals surface area contributed by atoms with Gasteiger partial charge in [0, 0.05) is 4.47 Å². The third-order valence-electron chi connectivity index (χ3n) is 2.44. The van der Waals surface area contributed by atoms with E-state index in [1.807, 2.05) is 31.2 Å². The molecule has 0 aromatic heterocycles. The number of aliphatic carboxylic acids is 1. The first-order chi connectivity index (χ1) is 7.52. The zero-order valence-electron chi connectivity index (χ0n) is 9.24. The van der Waals surface area contributed by atoms with Crippen LogP contribution in [0, 0.1) is 0 Å². The van der Waals surface area contributed by atoms with Gasteiger partial charge in [-0.25, -0.2) is 0 Å². The molecule has 0 radical (unpaired) electrons. The van der Waals surface area contributed by atoms with E-state index in [-0.39, 0.29) is 0 Å². The second-order valence-corrected chi connectivity index (χ2v) is 4.76. The second kappa shape index (κ2) is 5.85. The van der Waals surface area contributed by atoms with Crippen molar-refractivity contribution < 1.29 is 9.90 Å². The Morgan fingerprint density at radius 2 is 2.12 bits per heavy atom. The van der Waals surface area contributed by atoms with Gasteiger partial charge in [0.25, 0.3) is 0 Å². The van der Waals surface area contributed by atoms with Crippen LogP contribution >= 0.6 is 15.9 Å². The van der Waals surface area contributed by atoms with Crippen molar-refractivity contribution in [2.45, 2.75) is 25.7 Å². The number of hydrogen-bond donors (Lipinski definition) is 1. The molecule has 0 heterocycles. The first-order valence-corrected chi connectivity index (χ1v) is 5.93. The first kappa shape index (κ1) is 13.0. The van der Waals surface area contributed by atoms with E-state index >= 15 is 0 Å². The molecule has 1 aromatic rings. The molecule has 0 amide bonds. The van der Waals surface area contributed by atoms with Crippen LogP contribution in [0.15, 0.2) is 40.9 Å². The van der Waals surface area contributed by atoms with Crippen LogP contribution in [-0.4, -0.2) is 11.1 Å². The summed E-state index contributed by atoms with van der Waals surface area (Å²) < 4.78 is 0.851. The number of carboxylic acid groups (broad SMARTS) is 1. The number of benzene rings is 1. The maximum Gasteiger partial charge on any atom is 0.311 e. The first-order valence-electron chi connectivity index (χ1n) is 5.14. The molecule has 0 saturated carbocycles. The van der Waals surface area contributed by atoms with E-state index in [2.05, 4.69) is 22.5 Å². The minimum Gasteiger partial charge on any atom is -0.481 e. The topological polar surface area (TPSA) is 37.3 Å². The van der Waals surface area contributed by atoms with Gasteiger partial charge in [-0.2, -0.15) is 0 Å². The summed E-state index contributed by atoms with van der Waals surface area (Å²) in [6.07, 6.45) is 1.32. The largest absolute Gasteiger partial charge is 0.481 e. The van der Waals surface area contributed by atoms with Gasteiger partial charge in [-0.1, -0.05) is 39.7 Å². The summed E-state index contributed by atoms with van der Waals surface area (Å²) >= 11 is 3.39. The number of allylic oxidation sites excluding steroid dienone is 1. The van der Waals surface area contributed by atoms with Gasteiger partial charge < -0.3 is 5.11 Å². The average Bonchev–Trinajstić information content (AvgIpc) is 2.20. The SMILES string of the molecule is C=C(C)CCC(C(=O)O)c1ccccc1Br. The van der Waals surface area contributed by atoms with Crippen LogP contribution < -0.4 is 0 Å². The minimum atomic E-state index is -0.784. The molecule has 0 aliphatic carbocycles. The van der Waals surface area contributed by atoms with Crippen LogP contribution in [0.3, 0.4) is 0 Å². The molecule has 0 spiro atoms. The Balaban J connectivity index is 2.90. The molecule has 1 N–H and O–H groups in total. The fraction of sp³-hybridized carbons (Fsp3) is 0.308. The standard InChI is InChI=1S/C13H15BrO2/c1-9(2)7-8-11(13(15)16)10-5-3-4-6-12(10)14/h3-6,11H,1,7-8H2,2H3,(H,15,16). The number of carboxylic acids is 1. The molecule has 0 fully saturated rings. The lowest BCUT2D eigenvalue weighted by Gasteiger charge is -2.14. The Bertz CT molecular complexity index is 399. The maximum absolute atomic E-state index is 11.2. The van der Waals surface area contributed by atoms with Gasteiger partial charge in [-0.15, -0.1) is 6.58 Å². The van der Waals surface area contributed by atoms with Gasteiger partial charge in [0.15, 0.2) is 0 Å². The molecular formula is C13H15BrO2. The third kappa shape index (κ3) is 3.49. The van der Waals surface area contributed by atoms with E-state index in [0.29, 0.717) is 6.42 Å². The molecule has 2 nitrogen and oxygen atoms in total. The third-order valence-corrected chi connectivity index (χ3v) is 3.16. The summed E-state index contributed by atoms with van der Waals surface area (Å²) in [6, 6.07) is 7.45. The number of carbonyl (C=O) groups is 1. The van der Waals surface area contributed by atoms with Gasteiger partial charge in [0.2, 0.25) is 0 Å². The molecular weight excluding hydrogens is 268 g/mol. The highest BCUT2D eigenvalue weighted by Crippen LogP contribution is 2.29. The molecule has 86 valence electrons. The summed E-state index contributed by atoms with van der Waals surface area (Å²) in [4.78, 5) is 11.2. The van der Waals surface area contributed by atoms with Crippen molar-refractivity contribution in [1.29, 1.82) is 0 Å². The highest BCUT2D eigenvalue weighted by Gasteiger charge is 2.21. The fourth-order valence-electron chi connectivity index (χ4n) is 1.56. The molecule has 1 atom stereocenters. The van der Waals surface area contributed by atoms with Crippen LogP contribution in [0.5, 0.6) is 0 Å². The van der Waals surface area contributed by atoms with E-state index < -0.39 is 11.9 Å². The van der Waals surface area contributed by atoms with E-state index in [4.69, 9.17) is 0 Å². The Labute approximate surface area is 104 Å². The predicted molar refractivity (Wildman–Crippen MR) is 68.6 cm³/mol.